The summed E-state index contributed by atoms with van der Waals surface area (Å²) in [6.45, 7) is 0.299. The molecule has 0 saturated carbocycles. The first-order chi connectivity index (χ1) is 15.5. The number of aromatic nitrogens is 4. The standard InChI is InChI=1S/C23H21BrN4O4/c1-30-17-8-4-15(5-9-17)21-20(24)22(16-6-10-18(31-2)11-7-16)28(26-21)14-27-13-12-19(25-27)23(29)32-3/h4-13H,14H2,1-3H3. The molecular formula is C23H21BrN4O4. The topological polar surface area (TPSA) is 80.4 Å². The van der Waals surface area contributed by atoms with Crippen molar-refractivity contribution < 1.29 is 19.0 Å². The van der Waals surface area contributed by atoms with E-state index in [1.54, 1.807) is 31.2 Å². The summed E-state index contributed by atoms with van der Waals surface area (Å²) in [5.74, 6) is 1.05. The number of carbonyl (C=O) groups excluding carboxylic acids is 1. The number of halogens is 1. The lowest BCUT2D eigenvalue weighted by Crippen LogP contribution is -2.13. The molecule has 164 valence electrons. The molecule has 0 aliphatic heterocycles. The van der Waals surface area contributed by atoms with Gasteiger partial charge in [0.05, 0.1) is 31.5 Å². The SMILES string of the molecule is COC(=O)c1ccn(Cn2nc(-c3ccc(OC)cc3)c(Br)c2-c2ccc(OC)cc2)n1. The smallest absolute Gasteiger partial charge is 0.358 e. The molecule has 0 amide bonds. The molecule has 8 nitrogen and oxygen atoms in total. The summed E-state index contributed by atoms with van der Waals surface area (Å²) in [5, 5.41) is 9.15. The van der Waals surface area contributed by atoms with E-state index in [0.717, 1.165) is 38.5 Å². The average Bonchev–Trinajstić information content (AvgIpc) is 3.43. The molecule has 2 aromatic heterocycles. The summed E-state index contributed by atoms with van der Waals surface area (Å²) in [7, 11) is 4.59. The molecule has 0 unspecified atom stereocenters. The first-order valence-corrected chi connectivity index (χ1v) is 10.5. The maximum Gasteiger partial charge on any atom is 0.358 e. The predicted molar refractivity (Wildman–Crippen MR) is 123 cm³/mol. The third-order valence-corrected chi connectivity index (χ3v) is 5.69. The minimum absolute atomic E-state index is 0.236. The van der Waals surface area contributed by atoms with Crippen LogP contribution in [-0.4, -0.2) is 46.9 Å². The van der Waals surface area contributed by atoms with Gasteiger partial charge in [0.1, 0.15) is 23.9 Å². The van der Waals surface area contributed by atoms with Gasteiger partial charge in [-0.15, -0.1) is 0 Å². The Morgan fingerprint density at radius 3 is 2.03 bits per heavy atom. The van der Waals surface area contributed by atoms with Gasteiger partial charge < -0.3 is 14.2 Å². The Kier molecular flexibility index (Phi) is 6.27. The molecular weight excluding hydrogens is 476 g/mol. The van der Waals surface area contributed by atoms with Gasteiger partial charge >= 0.3 is 5.97 Å². The number of nitrogens with zero attached hydrogens (tertiary/aromatic N) is 4. The molecule has 2 heterocycles. The van der Waals surface area contributed by atoms with E-state index in [0.29, 0.717) is 6.67 Å². The van der Waals surface area contributed by atoms with E-state index in [9.17, 15) is 4.79 Å². The van der Waals surface area contributed by atoms with Gasteiger partial charge in [-0.25, -0.2) is 9.48 Å². The van der Waals surface area contributed by atoms with Crippen LogP contribution in [0.4, 0.5) is 0 Å². The summed E-state index contributed by atoms with van der Waals surface area (Å²) < 4.78 is 19.6. The third-order valence-electron chi connectivity index (χ3n) is 4.94. The molecule has 0 bridgehead atoms. The lowest BCUT2D eigenvalue weighted by molar-refractivity contribution is 0.0593. The van der Waals surface area contributed by atoms with E-state index in [1.807, 2.05) is 53.2 Å². The van der Waals surface area contributed by atoms with Crippen LogP contribution in [0.3, 0.4) is 0 Å². The number of ether oxygens (including phenoxy) is 3. The number of hydrogen-bond acceptors (Lipinski definition) is 6. The van der Waals surface area contributed by atoms with E-state index in [2.05, 4.69) is 21.0 Å². The fraction of sp³-hybridized carbons (Fsp3) is 0.174. The minimum atomic E-state index is -0.486. The highest BCUT2D eigenvalue weighted by Gasteiger charge is 2.20. The zero-order valence-corrected chi connectivity index (χ0v) is 19.4. The van der Waals surface area contributed by atoms with Gasteiger partial charge in [0.15, 0.2) is 5.69 Å². The number of methoxy groups -OCH3 is 3. The van der Waals surface area contributed by atoms with Crippen LogP contribution in [0.2, 0.25) is 0 Å². The van der Waals surface area contributed by atoms with Crippen molar-refractivity contribution in [1.29, 1.82) is 0 Å². The molecule has 0 radical (unpaired) electrons. The Balaban J connectivity index is 1.78. The number of carbonyl (C=O) groups is 1. The van der Waals surface area contributed by atoms with Crippen LogP contribution in [-0.2, 0) is 11.4 Å². The van der Waals surface area contributed by atoms with E-state index < -0.39 is 5.97 Å². The molecule has 0 N–H and O–H groups in total. The molecule has 2 aromatic carbocycles. The van der Waals surface area contributed by atoms with Crippen LogP contribution in [0.15, 0.2) is 65.3 Å². The minimum Gasteiger partial charge on any atom is -0.497 e. The van der Waals surface area contributed by atoms with Crippen molar-refractivity contribution >= 4 is 21.9 Å². The molecule has 0 aliphatic carbocycles. The quantitative estimate of drug-likeness (QED) is 0.350. The maximum absolute atomic E-state index is 11.8. The highest BCUT2D eigenvalue weighted by Crippen LogP contribution is 2.37. The van der Waals surface area contributed by atoms with Crippen molar-refractivity contribution in [1.82, 2.24) is 19.6 Å². The second-order valence-electron chi connectivity index (χ2n) is 6.84. The largest absolute Gasteiger partial charge is 0.497 e. The van der Waals surface area contributed by atoms with Crippen LogP contribution >= 0.6 is 15.9 Å². The van der Waals surface area contributed by atoms with Gasteiger partial charge in [-0.2, -0.15) is 10.2 Å². The molecule has 0 fully saturated rings. The van der Waals surface area contributed by atoms with Gasteiger partial charge in [0, 0.05) is 17.3 Å². The van der Waals surface area contributed by atoms with Gasteiger partial charge in [0.2, 0.25) is 0 Å². The van der Waals surface area contributed by atoms with Gasteiger partial charge in [-0.05, 0) is 70.5 Å². The number of benzene rings is 2. The predicted octanol–water partition coefficient (Wildman–Crippen LogP) is 4.49. The van der Waals surface area contributed by atoms with Crippen molar-refractivity contribution in [3.63, 3.8) is 0 Å². The lowest BCUT2D eigenvalue weighted by atomic mass is 10.1. The highest BCUT2D eigenvalue weighted by molar-refractivity contribution is 9.10. The van der Waals surface area contributed by atoms with E-state index in [1.165, 1.54) is 7.11 Å². The molecule has 4 rings (SSSR count). The Hall–Kier alpha value is -3.59. The van der Waals surface area contributed by atoms with Crippen molar-refractivity contribution in [2.45, 2.75) is 6.67 Å². The highest BCUT2D eigenvalue weighted by atomic mass is 79.9. The Bertz CT molecular complexity index is 1230. The number of esters is 1. The molecule has 0 saturated heterocycles. The van der Waals surface area contributed by atoms with E-state index >= 15 is 0 Å². The van der Waals surface area contributed by atoms with Crippen molar-refractivity contribution in [3.8, 4) is 34.0 Å². The van der Waals surface area contributed by atoms with Crippen LogP contribution in [0, 0.1) is 0 Å². The first kappa shape index (κ1) is 21.6. The summed E-state index contributed by atoms with van der Waals surface area (Å²) >= 11 is 3.75. The Morgan fingerprint density at radius 2 is 1.47 bits per heavy atom. The molecule has 0 aliphatic rings. The Labute approximate surface area is 193 Å². The van der Waals surface area contributed by atoms with Gasteiger partial charge in [0.25, 0.3) is 0 Å². The zero-order valence-electron chi connectivity index (χ0n) is 17.8. The zero-order chi connectivity index (χ0) is 22.7. The van der Waals surface area contributed by atoms with Gasteiger partial charge in [-0.3, -0.25) is 4.68 Å². The van der Waals surface area contributed by atoms with Gasteiger partial charge in [-0.1, -0.05) is 0 Å². The molecule has 32 heavy (non-hydrogen) atoms. The van der Waals surface area contributed by atoms with Crippen LogP contribution in [0.25, 0.3) is 22.5 Å². The monoisotopic (exact) mass is 496 g/mol. The number of hydrogen-bond donors (Lipinski definition) is 0. The summed E-state index contributed by atoms with van der Waals surface area (Å²) in [4.78, 5) is 11.8. The van der Waals surface area contributed by atoms with Crippen molar-refractivity contribution in [2.75, 3.05) is 21.3 Å². The summed E-state index contributed by atoms with van der Waals surface area (Å²) in [6.07, 6.45) is 1.71. The molecule has 0 atom stereocenters. The maximum atomic E-state index is 11.8. The fourth-order valence-electron chi connectivity index (χ4n) is 3.29. The first-order valence-electron chi connectivity index (χ1n) is 9.71. The molecule has 9 heteroatoms. The fourth-order valence-corrected chi connectivity index (χ4v) is 4.03. The van der Waals surface area contributed by atoms with Crippen LogP contribution in [0.5, 0.6) is 11.5 Å². The van der Waals surface area contributed by atoms with Crippen LogP contribution < -0.4 is 9.47 Å². The second kappa shape index (κ2) is 9.27. The molecule has 4 aromatic rings. The third kappa shape index (κ3) is 4.24. The van der Waals surface area contributed by atoms with E-state index in [-0.39, 0.29) is 5.69 Å². The van der Waals surface area contributed by atoms with Crippen LogP contribution in [0.1, 0.15) is 10.5 Å². The summed E-state index contributed by atoms with van der Waals surface area (Å²) in [5.41, 5.74) is 3.76. The van der Waals surface area contributed by atoms with Crippen molar-refractivity contribution in [2.24, 2.45) is 0 Å². The molecule has 0 spiro atoms. The number of rotatable bonds is 7. The second-order valence-corrected chi connectivity index (χ2v) is 7.63. The normalized spacial score (nSPS) is 10.8. The van der Waals surface area contributed by atoms with E-state index in [4.69, 9.17) is 19.3 Å². The summed E-state index contributed by atoms with van der Waals surface area (Å²) in [6, 6.07) is 17.0. The average molecular weight is 497 g/mol. The van der Waals surface area contributed by atoms with Crippen molar-refractivity contribution in [3.05, 3.63) is 71.0 Å². The Morgan fingerprint density at radius 1 is 0.875 bits per heavy atom. The lowest BCUT2D eigenvalue weighted by Gasteiger charge is -2.09.